The molecule has 0 fully saturated rings. The first kappa shape index (κ1) is 12.4. The first-order valence-corrected chi connectivity index (χ1v) is 6.37. The number of hydrogen-bond acceptors (Lipinski definition) is 4. The molecule has 0 saturated heterocycles. The third-order valence-corrected chi connectivity index (χ3v) is 3.61. The Morgan fingerprint density at radius 3 is 2.78 bits per heavy atom. The lowest BCUT2D eigenvalue weighted by Crippen LogP contribution is -2.13. The molecule has 1 heterocycles. The van der Waals surface area contributed by atoms with E-state index < -0.39 is 5.91 Å². The zero-order valence-electron chi connectivity index (χ0n) is 9.67. The van der Waals surface area contributed by atoms with Gasteiger partial charge in [-0.2, -0.15) is 0 Å². The van der Waals surface area contributed by atoms with Gasteiger partial charge in [-0.25, -0.2) is 0 Å². The van der Waals surface area contributed by atoms with Crippen molar-refractivity contribution in [3.8, 4) is 0 Å². The number of pyridine rings is 1. The maximum atomic E-state index is 11.3. The van der Waals surface area contributed by atoms with E-state index in [1.54, 1.807) is 36.3 Å². The lowest BCUT2D eigenvalue weighted by Gasteiger charge is -2.07. The number of nitrogen functional groups attached to an aromatic ring is 1. The summed E-state index contributed by atoms with van der Waals surface area (Å²) in [6, 6.07) is 9.17. The van der Waals surface area contributed by atoms with Gasteiger partial charge in [-0.3, -0.25) is 9.78 Å². The van der Waals surface area contributed by atoms with Crippen molar-refractivity contribution >= 4 is 23.4 Å². The molecule has 0 aliphatic carbocycles. The SMILES string of the molecule is NC(=O)c1ccccc1CSc1ccncc1N. The Kier molecular flexibility index (Phi) is 3.84. The molecule has 0 aliphatic heterocycles. The van der Waals surface area contributed by atoms with Crippen LogP contribution < -0.4 is 11.5 Å². The number of carbonyl (C=O) groups excluding carboxylic acids is 1. The molecule has 92 valence electrons. The van der Waals surface area contributed by atoms with Gasteiger partial charge >= 0.3 is 0 Å². The molecule has 2 rings (SSSR count). The number of thioether (sulfide) groups is 1. The number of primary amides is 1. The minimum absolute atomic E-state index is 0.408. The van der Waals surface area contributed by atoms with Crippen molar-refractivity contribution in [1.82, 2.24) is 4.98 Å². The molecule has 0 bridgehead atoms. The van der Waals surface area contributed by atoms with Gasteiger partial charge in [0.2, 0.25) is 5.91 Å². The van der Waals surface area contributed by atoms with Gasteiger partial charge in [0, 0.05) is 22.4 Å². The third-order valence-electron chi connectivity index (χ3n) is 2.48. The number of carbonyl (C=O) groups is 1. The van der Waals surface area contributed by atoms with E-state index >= 15 is 0 Å². The van der Waals surface area contributed by atoms with Gasteiger partial charge in [0.15, 0.2) is 0 Å². The zero-order valence-corrected chi connectivity index (χ0v) is 10.5. The standard InChI is InChI=1S/C13H13N3OS/c14-11-7-16-6-5-12(11)18-8-9-3-1-2-4-10(9)13(15)17/h1-7H,8,14H2,(H2,15,17). The summed E-state index contributed by atoms with van der Waals surface area (Å²) < 4.78 is 0. The lowest BCUT2D eigenvalue weighted by molar-refractivity contribution is 0.0999. The number of benzene rings is 1. The Balaban J connectivity index is 2.16. The molecule has 1 aromatic carbocycles. The Morgan fingerprint density at radius 1 is 1.28 bits per heavy atom. The molecule has 4 nitrogen and oxygen atoms in total. The van der Waals surface area contributed by atoms with E-state index in [1.165, 1.54) is 0 Å². The number of aromatic nitrogens is 1. The normalized spacial score (nSPS) is 10.2. The first-order valence-electron chi connectivity index (χ1n) is 5.38. The van der Waals surface area contributed by atoms with E-state index in [0.29, 0.717) is 17.0 Å². The fraction of sp³-hybridized carbons (Fsp3) is 0.0769. The largest absolute Gasteiger partial charge is 0.397 e. The highest BCUT2D eigenvalue weighted by Crippen LogP contribution is 2.28. The molecule has 4 N–H and O–H groups in total. The summed E-state index contributed by atoms with van der Waals surface area (Å²) in [5, 5.41) is 0. The van der Waals surface area contributed by atoms with Crippen LogP contribution >= 0.6 is 11.8 Å². The van der Waals surface area contributed by atoms with E-state index in [0.717, 1.165) is 10.5 Å². The molecule has 2 aromatic rings. The van der Waals surface area contributed by atoms with Crippen molar-refractivity contribution in [3.05, 3.63) is 53.9 Å². The van der Waals surface area contributed by atoms with Crippen LogP contribution in [0.15, 0.2) is 47.6 Å². The number of anilines is 1. The van der Waals surface area contributed by atoms with Crippen molar-refractivity contribution in [1.29, 1.82) is 0 Å². The van der Waals surface area contributed by atoms with Crippen molar-refractivity contribution in [3.63, 3.8) is 0 Å². The van der Waals surface area contributed by atoms with E-state index in [9.17, 15) is 4.79 Å². The Morgan fingerprint density at radius 2 is 2.06 bits per heavy atom. The van der Waals surface area contributed by atoms with Crippen LogP contribution in [0.1, 0.15) is 15.9 Å². The molecule has 0 radical (unpaired) electrons. The number of amides is 1. The van der Waals surface area contributed by atoms with Crippen LogP contribution in [0.3, 0.4) is 0 Å². The summed E-state index contributed by atoms with van der Waals surface area (Å²) in [6.07, 6.45) is 3.31. The maximum absolute atomic E-state index is 11.3. The van der Waals surface area contributed by atoms with E-state index in [-0.39, 0.29) is 0 Å². The van der Waals surface area contributed by atoms with Gasteiger partial charge in [-0.15, -0.1) is 11.8 Å². The summed E-state index contributed by atoms with van der Waals surface area (Å²) in [5.41, 5.74) is 13.2. The Labute approximate surface area is 109 Å². The number of nitrogens with two attached hydrogens (primary N) is 2. The molecule has 0 saturated carbocycles. The van der Waals surface area contributed by atoms with Crippen molar-refractivity contribution < 1.29 is 4.79 Å². The predicted molar refractivity (Wildman–Crippen MR) is 73.2 cm³/mol. The maximum Gasteiger partial charge on any atom is 0.249 e. The van der Waals surface area contributed by atoms with E-state index in [2.05, 4.69) is 4.98 Å². The van der Waals surface area contributed by atoms with Crippen LogP contribution in [-0.4, -0.2) is 10.9 Å². The highest BCUT2D eigenvalue weighted by Gasteiger charge is 2.08. The summed E-state index contributed by atoms with van der Waals surface area (Å²) in [7, 11) is 0. The van der Waals surface area contributed by atoms with Crippen LogP contribution in [0.2, 0.25) is 0 Å². The van der Waals surface area contributed by atoms with Crippen LogP contribution in [0.5, 0.6) is 0 Å². The van der Waals surface area contributed by atoms with Gasteiger partial charge in [-0.05, 0) is 17.7 Å². The second kappa shape index (κ2) is 5.55. The molecular weight excluding hydrogens is 246 g/mol. The smallest absolute Gasteiger partial charge is 0.249 e. The van der Waals surface area contributed by atoms with Gasteiger partial charge in [-0.1, -0.05) is 18.2 Å². The average molecular weight is 259 g/mol. The van der Waals surface area contributed by atoms with E-state index in [4.69, 9.17) is 11.5 Å². The number of rotatable bonds is 4. The summed E-state index contributed by atoms with van der Waals surface area (Å²) in [4.78, 5) is 16.2. The topological polar surface area (TPSA) is 82.0 Å². The van der Waals surface area contributed by atoms with Gasteiger partial charge < -0.3 is 11.5 Å². The van der Waals surface area contributed by atoms with Crippen molar-refractivity contribution in [2.45, 2.75) is 10.6 Å². The summed E-state index contributed by atoms with van der Waals surface area (Å²) >= 11 is 1.56. The molecular formula is C13H13N3OS. The summed E-state index contributed by atoms with van der Waals surface area (Å²) in [5.74, 6) is 0.238. The highest BCUT2D eigenvalue weighted by molar-refractivity contribution is 7.98. The molecule has 0 spiro atoms. The van der Waals surface area contributed by atoms with Crippen LogP contribution in [-0.2, 0) is 5.75 Å². The molecule has 1 amide bonds. The fourth-order valence-corrected chi connectivity index (χ4v) is 2.51. The zero-order chi connectivity index (χ0) is 13.0. The molecule has 18 heavy (non-hydrogen) atoms. The number of hydrogen-bond donors (Lipinski definition) is 2. The molecule has 1 aromatic heterocycles. The Bertz CT molecular complexity index is 572. The second-order valence-corrected chi connectivity index (χ2v) is 4.74. The predicted octanol–water partition coefficient (Wildman–Crippen LogP) is 2.06. The first-order chi connectivity index (χ1) is 8.68. The van der Waals surface area contributed by atoms with Crippen molar-refractivity contribution in [2.24, 2.45) is 5.73 Å². The Hall–Kier alpha value is -2.01. The molecule has 0 unspecified atom stereocenters. The third kappa shape index (κ3) is 2.81. The minimum atomic E-state index is -0.408. The number of nitrogens with zero attached hydrogens (tertiary/aromatic N) is 1. The van der Waals surface area contributed by atoms with Crippen LogP contribution in [0.4, 0.5) is 5.69 Å². The minimum Gasteiger partial charge on any atom is -0.397 e. The monoisotopic (exact) mass is 259 g/mol. The van der Waals surface area contributed by atoms with Gasteiger partial charge in [0.05, 0.1) is 11.9 Å². The lowest BCUT2D eigenvalue weighted by atomic mass is 10.1. The van der Waals surface area contributed by atoms with Crippen LogP contribution in [0.25, 0.3) is 0 Å². The molecule has 0 atom stereocenters. The van der Waals surface area contributed by atoms with Crippen LogP contribution in [0, 0.1) is 0 Å². The fourth-order valence-electron chi connectivity index (χ4n) is 1.57. The average Bonchev–Trinajstić information content (AvgIpc) is 2.38. The van der Waals surface area contributed by atoms with Gasteiger partial charge in [0.25, 0.3) is 0 Å². The highest BCUT2D eigenvalue weighted by atomic mass is 32.2. The second-order valence-electron chi connectivity index (χ2n) is 3.72. The molecule has 5 heteroatoms. The molecule has 0 aliphatic rings. The van der Waals surface area contributed by atoms with Gasteiger partial charge in [0.1, 0.15) is 0 Å². The quantitative estimate of drug-likeness (QED) is 0.823. The summed E-state index contributed by atoms with van der Waals surface area (Å²) in [6.45, 7) is 0. The van der Waals surface area contributed by atoms with E-state index in [1.807, 2.05) is 18.2 Å². The van der Waals surface area contributed by atoms with Crippen molar-refractivity contribution in [2.75, 3.05) is 5.73 Å².